The van der Waals surface area contributed by atoms with Crippen LogP contribution in [0, 0.1) is 23.7 Å². The highest BCUT2D eigenvalue weighted by Crippen LogP contribution is 2.37. The van der Waals surface area contributed by atoms with Crippen molar-refractivity contribution < 1.29 is 52.6 Å². The van der Waals surface area contributed by atoms with E-state index in [-0.39, 0.29) is 47.6 Å². The van der Waals surface area contributed by atoms with E-state index in [2.05, 4.69) is 67.5 Å². The number of aryl methyl sites for hydroxylation is 1. The normalized spacial score (nSPS) is 30.6. The summed E-state index contributed by atoms with van der Waals surface area (Å²) >= 11 is 0. The number of nitrogens with one attached hydrogen (secondary N) is 6. The summed E-state index contributed by atoms with van der Waals surface area (Å²) in [6, 6.07) is 10.1. The highest BCUT2D eigenvalue weighted by atomic mass is 16.5. The maximum Gasteiger partial charge on any atom is 0.328 e. The van der Waals surface area contributed by atoms with E-state index in [0.717, 1.165) is 40.3 Å². The molecular formula is C64H90N10O11. The number of pyridine rings is 1. The topological polar surface area (TPSA) is 259 Å². The molecule has 1 aliphatic carbocycles. The Labute approximate surface area is 500 Å². The van der Waals surface area contributed by atoms with E-state index in [1.807, 2.05) is 77.8 Å². The van der Waals surface area contributed by atoms with Gasteiger partial charge in [0, 0.05) is 45.9 Å². The van der Waals surface area contributed by atoms with Crippen LogP contribution in [0.2, 0.25) is 0 Å². The molecule has 0 saturated carbocycles. The predicted molar refractivity (Wildman–Crippen MR) is 323 cm³/mol. The Morgan fingerprint density at radius 2 is 1.33 bits per heavy atom. The SMILES string of the molecule is CO[C@@H]1/C=C/c2cc3cc(ccc3cn2)[C@@H](C)OC(=O)[C@]2(C)CCCN(N2)C(=O)[C@H](C)NC(=O)[C@H](C(C)C)NC(=O)[C@@H]1C.CO[C@@H]1CC/C=C/c2ccc3c(c2)[C@@H](CC3)N(C)C(=O)[C@@H]2CCCN(N2)C(=O)[C@H](C)NC(=O)[C@H](C(C)C)NC(=O)[C@@H]1C. The van der Waals surface area contributed by atoms with Crippen LogP contribution in [-0.4, -0.2) is 150 Å². The van der Waals surface area contributed by atoms with Gasteiger partial charge in [0.05, 0.1) is 35.8 Å². The Morgan fingerprint density at radius 3 is 1.98 bits per heavy atom. The molecule has 3 aromatic rings. The number of nitrogens with zero attached hydrogens (tertiary/aromatic N) is 4. The van der Waals surface area contributed by atoms with E-state index >= 15 is 0 Å². The number of hydrazine groups is 2. The van der Waals surface area contributed by atoms with E-state index in [9.17, 15) is 38.4 Å². The fourth-order valence-electron chi connectivity index (χ4n) is 11.7. The van der Waals surface area contributed by atoms with Crippen LogP contribution >= 0.6 is 0 Å². The Hall–Kier alpha value is -7.07. The maximum atomic E-state index is 13.7. The molecule has 0 radical (unpaired) electrons. The van der Waals surface area contributed by atoms with E-state index in [1.54, 1.807) is 53.2 Å². The van der Waals surface area contributed by atoms with Gasteiger partial charge in [0.15, 0.2) is 0 Å². The number of carbonyl (C=O) groups is 8. The van der Waals surface area contributed by atoms with Crippen molar-refractivity contribution >= 4 is 70.2 Å². The summed E-state index contributed by atoms with van der Waals surface area (Å²) in [5.74, 6) is -4.31. The summed E-state index contributed by atoms with van der Waals surface area (Å²) < 4.78 is 17.2. The van der Waals surface area contributed by atoms with Gasteiger partial charge in [0.25, 0.3) is 11.8 Å². The molecule has 21 nitrogen and oxygen atoms in total. The third-order valence-corrected chi connectivity index (χ3v) is 17.2. The van der Waals surface area contributed by atoms with Gasteiger partial charge >= 0.3 is 5.97 Å². The molecule has 2 fully saturated rings. The highest BCUT2D eigenvalue weighted by molar-refractivity contribution is 5.94. The summed E-state index contributed by atoms with van der Waals surface area (Å²) in [7, 11) is 4.96. The van der Waals surface area contributed by atoms with Gasteiger partial charge in [-0.2, -0.15) is 0 Å². The lowest BCUT2D eigenvalue weighted by Gasteiger charge is -2.41. The molecular weight excluding hydrogens is 1080 g/mol. The highest BCUT2D eigenvalue weighted by Gasteiger charge is 2.43. The number of aromatic nitrogens is 1. The minimum Gasteiger partial charge on any atom is -0.456 e. The van der Waals surface area contributed by atoms with Crippen molar-refractivity contribution in [3.63, 3.8) is 0 Å². The molecule has 12 atom stereocenters. The van der Waals surface area contributed by atoms with Gasteiger partial charge < -0.3 is 40.4 Å². The number of allylic oxidation sites excluding steroid dienone is 1. The zero-order chi connectivity index (χ0) is 62.0. The van der Waals surface area contributed by atoms with Gasteiger partial charge in [0.2, 0.25) is 29.5 Å². The molecule has 0 spiro atoms. The number of fused-ring (bicyclic) bond motifs is 7. The maximum absolute atomic E-state index is 13.7. The Kier molecular flexibility index (Phi) is 22.2. The molecule has 2 aromatic carbocycles. The van der Waals surface area contributed by atoms with Gasteiger partial charge in [-0.25, -0.2) is 15.6 Å². The van der Waals surface area contributed by atoms with Crippen molar-refractivity contribution in [3.05, 3.63) is 88.8 Å². The summed E-state index contributed by atoms with van der Waals surface area (Å²) in [4.78, 5) is 113. The minimum absolute atomic E-state index is 0.0324. The van der Waals surface area contributed by atoms with Crippen molar-refractivity contribution in [1.29, 1.82) is 0 Å². The number of esters is 1. The lowest BCUT2D eigenvalue weighted by Crippen LogP contribution is -2.65. The lowest BCUT2D eigenvalue weighted by molar-refractivity contribution is -0.164. The van der Waals surface area contributed by atoms with Crippen LogP contribution < -0.4 is 32.1 Å². The first kappa shape index (κ1) is 65.5. The van der Waals surface area contributed by atoms with Crippen LogP contribution in [-0.2, 0) is 59.0 Å². The molecule has 1 aromatic heterocycles. The lowest BCUT2D eigenvalue weighted by atomic mass is 9.94. The Morgan fingerprint density at radius 1 is 0.682 bits per heavy atom. The van der Waals surface area contributed by atoms with Crippen molar-refractivity contribution in [2.45, 2.75) is 181 Å². The molecule has 2 saturated heterocycles. The second-order valence-corrected chi connectivity index (χ2v) is 24.4. The molecule has 8 rings (SSSR count). The summed E-state index contributed by atoms with van der Waals surface area (Å²) in [6.45, 7) is 18.4. The van der Waals surface area contributed by atoms with Gasteiger partial charge in [-0.1, -0.05) is 84.0 Å². The summed E-state index contributed by atoms with van der Waals surface area (Å²) in [6.07, 6.45) is 13.5. The average Bonchev–Trinajstić information content (AvgIpc) is 3.69. The smallest absolute Gasteiger partial charge is 0.328 e. The van der Waals surface area contributed by atoms with Crippen LogP contribution in [0.5, 0.6) is 0 Å². The van der Waals surface area contributed by atoms with Crippen LogP contribution in [0.1, 0.15) is 154 Å². The largest absolute Gasteiger partial charge is 0.456 e. The van der Waals surface area contributed by atoms with Gasteiger partial charge in [-0.05, 0) is 143 Å². The van der Waals surface area contributed by atoms with Crippen molar-refractivity contribution in [3.8, 4) is 0 Å². The van der Waals surface area contributed by atoms with E-state index in [0.29, 0.717) is 57.3 Å². The van der Waals surface area contributed by atoms with Crippen molar-refractivity contribution in [2.75, 3.05) is 34.4 Å². The summed E-state index contributed by atoms with van der Waals surface area (Å²) in [5, 5.41) is 15.9. The number of hydrogen-bond acceptors (Lipinski definition) is 14. The first-order valence-corrected chi connectivity index (χ1v) is 30.1. The number of rotatable bonds is 4. The van der Waals surface area contributed by atoms with Crippen LogP contribution in [0.15, 0.2) is 60.8 Å². The van der Waals surface area contributed by atoms with Crippen molar-refractivity contribution in [2.24, 2.45) is 23.7 Å². The first-order valence-electron chi connectivity index (χ1n) is 30.1. The van der Waals surface area contributed by atoms with E-state index < -0.39 is 83.5 Å². The molecule has 7 amide bonds. The summed E-state index contributed by atoms with van der Waals surface area (Å²) in [5.41, 5.74) is 10.0. The number of likely N-dealkylation sites (N-methyl/N-ethyl adjacent to an activating group) is 1. The predicted octanol–water partition coefficient (Wildman–Crippen LogP) is 5.78. The van der Waals surface area contributed by atoms with Crippen LogP contribution in [0.25, 0.3) is 22.9 Å². The third-order valence-electron chi connectivity index (χ3n) is 17.2. The molecule has 0 unspecified atom stereocenters. The van der Waals surface area contributed by atoms with E-state index in [1.165, 1.54) is 22.7 Å². The molecule has 21 heteroatoms. The van der Waals surface area contributed by atoms with Crippen LogP contribution in [0.4, 0.5) is 0 Å². The first-order chi connectivity index (χ1) is 40.3. The number of methoxy groups -OCH3 is 2. The van der Waals surface area contributed by atoms with E-state index in [4.69, 9.17) is 14.2 Å². The Bertz CT molecular complexity index is 3000. The molecule has 6 N–H and O–H groups in total. The van der Waals surface area contributed by atoms with Crippen molar-refractivity contribution in [1.82, 2.24) is 52.0 Å². The number of carbonyl (C=O) groups excluding carboxylic acids is 8. The van der Waals surface area contributed by atoms with Gasteiger partial charge in [0.1, 0.15) is 41.9 Å². The molecule has 9 bridgehead atoms. The minimum atomic E-state index is -1.13. The zero-order valence-electron chi connectivity index (χ0n) is 51.8. The quantitative estimate of drug-likeness (QED) is 0.169. The monoisotopic (exact) mass is 1170 g/mol. The molecule has 4 aliphatic heterocycles. The molecule has 462 valence electrons. The number of ether oxygens (including phenoxy) is 3. The fourth-order valence-corrected chi connectivity index (χ4v) is 11.7. The molecule has 5 heterocycles. The van der Waals surface area contributed by atoms with Gasteiger partial charge in [-0.3, -0.25) is 48.6 Å². The number of hydrogen-bond donors (Lipinski definition) is 6. The molecule has 85 heavy (non-hydrogen) atoms. The average molecular weight is 1180 g/mol. The zero-order valence-corrected chi connectivity index (χ0v) is 51.8. The number of cyclic esters (lactones) is 1. The third kappa shape index (κ3) is 15.9. The fraction of sp³-hybridized carbons (Fsp3) is 0.578. The Balaban J connectivity index is 0.000000244. The standard InChI is InChI=1S/C32H43N5O6.C32H47N5O5/c1-18(2)27-29(39)34-20(4)30(40)37-14-8-13-32(6,36-37)31(41)43-21(5)22-9-10-23-17-33-25(16-24(23)15-22)11-12-26(42-7)19(3)28(38)35-27;1-19(2)28-30(39)33-21(4)31(40)37-17-9-11-25(35-37)32(41)36(5)26-16-15-23-14-13-22(18-24(23)26)10-7-8-12-27(42-6)20(3)29(38)34-28/h9-12,15-21,26-27,36H,8,13-14H2,1-7H3,(H,34,39)(H,35,38);7,10,13-14,18-21,25-28,35H,8-9,11-12,15-17H2,1-6H3,(H,33,39)(H,34,38)/b12-11+;10-7+/t19-,20+,21-,26-,27+,32+;20-,21+,25+,26-,27-,28+/m11/s1. The second kappa shape index (κ2) is 28.9. The number of benzene rings is 2. The second-order valence-electron chi connectivity index (χ2n) is 24.4. The van der Waals surface area contributed by atoms with Gasteiger partial charge in [-0.15, -0.1) is 0 Å². The number of amides is 7. The molecule has 5 aliphatic rings. The van der Waals surface area contributed by atoms with Crippen LogP contribution in [0.3, 0.4) is 0 Å².